The van der Waals surface area contributed by atoms with E-state index in [9.17, 15) is 13.5 Å². The van der Waals surface area contributed by atoms with Crippen molar-refractivity contribution in [2.45, 2.75) is 31.8 Å². The van der Waals surface area contributed by atoms with Crippen LogP contribution in [0.4, 0.5) is 0 Å². The molecule has 0 amide bonds. The van der Waals surface area contributed by atoms with Gasteiger partial charge in [-0.15, -0.1) is 0 Å². The van der Waals surface area contributed by atoms with E-state index in [-0.39, 0.29) is 6.54 Å². The monoisotopic (exact) mass is 332 g/mol. The Hall–Kier alpha value is -0.660. The summed E-state index contributed by atoms with van der Waals surface area (Å²) in [5, 5.41) is 10.5. The lowest BCUT2D eigenvalue weighted by Gasteiger charge is -2.21. The maximum absolute atomic E-state index is 12.2. The quantitative estimate of drug-likeness (QED) is 0.867. The first kappa shape index (κ1) is 16.7. The second kappa shape index (κ2) is 7.56. The van der Waals surface area contributed by atoms with Crippen LogP contribution in [-0.2, 0) is 10.2 Å². The van der Waals surface area contributed by atoms with E-state index >= 15 is 0 Å². The van der Waals surface area contributed by atoms with E-state index in [1.807, 2.05) is 0 Å². The van der Waals surface area contributed by atoms with Crippen molar-refractivity contribution in [3.8, 4) is 0 Å². The largest absolute Gasteiger partial charge is 0.387 e. The molecule has 118 valence electrons. The van der Waals surface area contributed by atoms with Crippen LogP contribution in [0, 0.1) is 0 Å². The molecule has 1 atom stereocenters. The molecule has 1 fully saturated rings. The highest BCUT2D eigenvalue weighted by Gasteiger charge is 2.24. The summed E-state index contributed by atoms with van der Waals surface area (Å²) in [7, 11) is -3.54. The van der Waals surface area contributed by atoms with E-state index in [1.165, 1.54) is 4.31 Å². The molecule has 1 saturated heterocycles. The van der Waals surface area contributed by atoms with Crippen LogP contribution in [0.1, 0.15) is 37.4 Å². The zero-order chi connectivity index (χ0) is 15.3. The van der Waals surface area contributed by atoms with E-state index in [0.29, 0.717) is 23.7 Å². The van der Waals surface area contributed by atoms with Gasteiger partial charge in [0.05, 0.1) is 6.10 Å². The highest BCUT2D eigenvalue weighted by atomic mass is 35.5. The Morgan fingerprint density at radius 3 is 2.43 bits per heavy atom. The second-order valence-corrected chi connectivity index (χ2v) is 7.37. The van der Waals surface area contributed by atoms with E-state index in [0.717, 1.165) is 25.7 Å². The summed E-state index contributed by atoms with van der Waals surface area (Å²) in [6, 6.07) is 6.88. The van der Waals surface area contributed by atoms with Crippen molar-refractivity contribution in [3.63, 3.8) is 0 Å². The van der Waals surface area contributed by atoms with Crippen molar-refractivity contribution in [2.75, 3.05) is 19.6 Å². The summed E-state index contributed by atoms with van der Waals surface area (Å²) < 4.78 is 28.4. The standard InChI is InChI=1S/C14H21ClN2O3S/c15-13-8-4-3-7-12(13)14(18)11-16-21(19,20)17-9-5-1-2-6-10-17/h3-4,7-8,14,16,18H,1-2,5-6,9-11H2. The second-order valence-electron chi connectivity index (χ2n) is 5.20. The van der Waals surface area contributed by atoms with Crippen molar-refractivity contribution in [1.82, 2.24) is 9.03 Å². The van der Waals surface area contributed by atoms with Gasteiger partial charge in [0, 0.05) is 30.2 Å². The number of nitrogens with zero attached hydrogens (tertiary/aromatic N) is 1. The van der Waals surface area contributed by atoms with Gasteiger partial charge < -0.3 is 5.11 Å². The molecule has 1 heterocycles. The van der Waals surface area contributed by atoms with Crippen molar-refractivity contribution in [3.05, 3.63) is 34.9 Å². The fourth-order valence-electron chi connectivity index (χ4n) is 2.41. The van der Waals surface area contributed by atoms with E-state index in [4.69, 9.17) is 11.6 Å². The van der Waals surface area contributed by atoms with Crippen LogP contribution in [0.25, 0.3) is 0 Å². The fourth-order valence-corrected chi connectivity index (χ4v) is 3.96. The Balaban J connectivity index is 1.96. The SMILES string of the molecule is O=S(=O)(NCC(O)c1ccccc1Cl)N1CCCCCC1. The summed E-state index contributed by atoms with van der Waals surface area (Å²) in [4.78, 5) is 0. The third kappa shape index (κ3) is 4.66. The molecule has 0 aliphatic carbocycles. The first-order chi connectivity index (χ1) is 10.0. The molecule has 0 spiro atoms. The molecule has 2 rings (SSSR count). The molecule has 21 heavy (non-hydrogen) atoms. The Kier molecular flexibility index (Phi) is 6.01. The van der Waals surface area contributed by atoms with Crippen molar-refractivity contribution in [2.24, 2.45) is 0 Å². The zero-order valence-corrected chi connectivity index (χ0v) is 13.4. The van der Waals surface area contributed by atoms with Crippen LogP contribution in [0.15, 0.2) is 24.3 Å². The van der Waals surface area contributed by atoms with Crippen molar-refractivity contribution >= 4 is 21.8 Å². The number of hydrogen-bond donors (Lipinski definition) is 2. The van der Waals surface area contributed by atoms with Crippen LogP contribution in [0.5, 0.6) is 0 Å². The minimum absolute atomic E-state index is 0.0808. The average molecular weight is 333 g/mol. The number of hydrogen-bond acceptors (Lipinski definition) is 3. The topological polar surface area (TPSA) is 69.6 Å². The Morgan fingerprint density at radius 1 is 1.19 bits per heavy atom. The van der Waals surface area contributed by atoms with Gasteiger partial charge in [0.1, 0.15) is 0 Å². The third-order valence-corrected chi connectivity index (χ3v) is 5.55. The molecule has 1 aliphatic heterocycles. The first-order valence-electron chi connectivity index (χ1n) is 7.18. The average Bonchev–Trinajstić information content (AvgIpc) is 2.75. The molecule has 1 aromatic carbocycles. The minimum Gasteiger partial charge on any atom is -0.387 e. The highest BCUT2D eigenvalue weighted by molar-refractivity contribution is 7.87. The molecule has 1 unspecified atom stereocenters. The molecule has 0 aromatic heterocycles. The molecule has 0 bridgehead atoms. The van der Waals surface area contributed by atoms with Gasteiger partial charge in [-0.2, -0.15) is 17.4 Å². The van der Waals surface area contributed by atoms with Gasteiger partial charge in [0.15, 0.2) is 0 Å². The number of halogens is 1. The first-order valence-corrected chi connectivity index (χ1v) is 9.00. The van der Waals surface area contributed by atoms with Gasteiger partial charge in [-0.1, -0.05) is 42.6 Å². The predicted octanol–water partition coefficient (Wildman–Crippen LogP) is 2.08. The lowest BCUT2D eigenvalue weighted by Crippen LogP contribution is -2.42. The lowest BCUT2D eigenvalue weighted by molar-refractivity contribution is 0.181. The predicted molar refractivity (Wildman–Crippen MR) is 83.4 cm³/mol. The van der Waals surface area contributed by atoms with E-state index in [1.54, 1.807) is 24.3 Å². The number of rotatable bonds is 5. The minimum atomic E-state index is -3.54. The molecular weight excluding hydrogens is 312 g/mol. The maximum Gasteiger partial charge on any atom is 0.279 e. The van der Waals surface area contributed by atoms with Crippen LogP contribution < -0.4 is 4.72 Å². The number of aliphatic hydroxyl groups excluding tert-OH is 1. The van der Waals surface area contributed by atoms with E-state index < -0.39 is 16.3 Å². The lowest BCUT2D eigenvalue weighted by atomic mass is 10.1. The Bertz CT molecular complexity index is 557. The van der Waals surface area contributed by atoms with Crippen LogP contribution in [0.2, 0.25) is 5.02 Å². The maximum atomic E-state index is 12.2. The molecule has 0 radical (unpaired) electrons. The molecule has 7 heteroatoms. The molecule has 0 saturated carbocycles. The number of aliphatic hydroxyl groups is 1. The summed E-state index contributed by atoms with van der Waals surface area (Å²) in [6.45, 7) is 0.998. The van der Waals surface area contributed by atoms with Crippen LogP contribution >= 0.6 is 11.6 Å². The molecule has 5 nitrogen and oxygen atoms in total. The third-order valence-electron chi connectivity index (χ3n) is 3.63. The van der Waals surface area contributed by atoms with Crippen LogP contribution in [0.3, 0.4) is 0 Å². The van der Waals surface area contributed by atoms with Gasteiger partial charge in [-0.25, -0.2) is 0 Å². The molecule has 1 aromatic rings. The van der Waals surface area contributed by atoms with E-state index in [2.05, 4.69) is 4.72 Å². The van der Waals surface area contributed by atoms with Gasteiger partial charge in [-0.05, 0) is 18.9 Å². The van der Waals surface area contributed by atoms with Crippen molar-refractivity contribution < 1.29 is 13.5 Å². The highest BCUT2D eigenvalue weighted by Crippen LogP contribution is 2.22. The number of nitrogens with one attached hydrogen (secondary N) is 1. The smallest absolute Gasteiger partial charge is 0.279 e. The zero-order valence-electron chi connectivity index (χ0n) is 11.8. The van der Waals surface area contributed by atoms with Gasteiger partial charge in [0.25, 0.3) is 10.2 Å². The summed E-state index contributed by atoms with van der Waals surface area (Å²) >= 11 is 5.99. The van der Waals surface area contributed by atoms with Gasteiger partial charge in [0.2, 0.25) is 0 Å². The molecule has 1 aliphatic rings. The Labute approximate surface area is 131 Å². The molecular formula is C14H21ClN2O3S. The normalized spacial score (nSPS) is 19.1. The summed E-state index contributed by atoms with van der Waals surface area (Å²) in [5.74, 6) is 0. The molecule has 2 N–H and O–H groups in total. The van der Waals surface area contributed by atoms with Gasteiger partial charge >= 0.3 is 0 Å². The van der Waals surface area contributed by atoms with Crippen molar-refractivity contribution in [1.29, 1.82) is 0 Å². The van der Waals surface area contributed by atoms with Gasteiger partial charge in [-0.3, -0.25) is 0 Å². The number of benzene rings is 1. The fraction of sp³-hybridized carbons (Fsp3) is 0.571. The van der Waals surface area contributed by atoms with Crippen LogP contribution in [-0.4, -0.2) is 37.5 Å². The summed E-state index contributed by atoms with van der Waals surface area (Å²) in [6.07, 6.45) is 2.94. The Morgan fingerprint density at radius 2 is 1.81 bits per heavy atom. The summed E-state index contributed by atoms with van der Waals surface area (Å²) in [5.41, 5.74) is 0.526.